The fourth-order valence-electron chi connectivity index (χ4n) is 4.44. The fourth-order valence-corrected chi connectivity index (χ4v) is 4.44. The molecule has 0 aliphatic carbocycles. The molecule has 2 aromatic rings. The van der Waals surface area contributed by atoms with Crippen molar-refractivity contribution < 1.29 is 28.2 Å². The first-order valence-electron chi connectivity index (χ1n) is 10.4. The van der Waals surface area contributed by atoms with Gasteiger partial charge in [-0.2, -0.15) is 0 Å². The van der Waals surface area contributed by atoms with Crippen molar-refractivity contribution in [3.8, 4) is 11.8 Å². The molecule has 9 heteroatoms. The number of piperazine rings is 1. The number of urea groups is 1. The number of methoxy groups -OCH3 is 1. The number of nitrogens with one attached hydrogen (secondary N) is 1. The summed E-state index contributed by atoms with van der Waals surface area (Å²) in [4.78, 5) is 28.3. The Labute approximate surface area is 189 Å². The van der Waals surface area contributed by atoms with E-state index >= 15 is 0 Å². The molecule has 3 atom stereocenters. The number of carbonyl (C=O) groups is 2. The molecule has 2 aliphatic heterocycles. The van der Waals surface area contributed by atoms with E-state index in [-0.39, 0.29) is 49.3 Å². The molecule has 2 saturated heterocycles. The van der Waals surface area contributed by atoms with Gasteiger partial charge in [-0.15, -0.1) is 0 Å². The number of ether oxygens (including phenoxy) is 1. The molecule has 172 valence electrons. The van der Waals surface area contributed by atoms with E-state index in [1.165, 1.54) is 4.90 Å². The van der Waals surface area contributed by atoms with Crippen LogP contribution in [0.15, 0.2) is 42.5 Å². The van der Waals surface area contributed by atoms with Crippen molar-refractivity contribution in [1.82, 2.24) is 9.80 Å². The number of aliphatic hydroxyl groups excluding tert-OH is 1. The molecule has 4 rings (SSSR count). The summed E-state index contributed by atoms with van der Waals surface area (Å²) in [6, 6.07) is 8.85. The molecular weight excluding hydrogens is 432 g/mol. The topological polar surface area (TPSA) is 82.1 Å². The molecular formula is C24H23F2N3O4. The monoisotopic (exact) mass is 455 g/mol. The number of amides is 3. The molecule has 7 nitrogen and oxygen atoms in total. The summed E-state index contributed by atoms with van der Waals surface area (Å²) in [5.41, 5.74) is 1.43. The van der Waals surface area contributed by atoms with Crippen LogP contribution in [0.25, 0.3) is 0 Å². The minimum Gasteiger partial charge on any atom is -0.394 e. The lowest BCUT2D eigenvalue weighted by atomic mass is 9.73. The zero-order chi connectivity index (χ0) is 23.5. The molecule has 3 amide bonds. The lowest BCUT2D eigenvalue weighted by Gasteiger charge is -2.58. The van der Waals surface area contributed by atoms with E-state index in [2.05, 4.69) is 17.2 Å². The molecule has 0 bridgehead atoms. The zero-order valence-corrected chi connectivity index (χ0v) is 17.9. The van der Waals surface area contributed by atoms with Crippen LogP contribution in [0.2, 0.25) is 0 Å². The van der Waals surface area contributed by atoms with E-state index in [9.17, 15) is 23.5 Å². The van der Waals surface area contributed by atoms with Gasteiger partial charge < -0.3 is 25.0 Å². The van der Waals surface area contributed by atoms with Gasteiger partial charge in [-0.05, 0) is 29.8 Å². The molecule has 2 N–H and O–H groups in total. The molecule has 0 radical (unpaired) electrons. The number of hydrogen-bond donors (Lipinski definition) is 2. The second kappa shape index (κ2) is 9.57. The van der Waals surface area contributed by atoms with Gasteiger partial charge in [0.2, 0.25) is 5.91 Å². The number of rotatable bonds is 4. The fraction of sp³-hybridized carbons (Fsp3) is 0.333. The highest BCUT2D eigenvalue weighted by molar-refractivity contribution is 5.94. The Hall–Kier alpha value is -3.48. The van der Waals surface area contributed by atoms with Gasteiger partial charge in [-0.25, -0.2) is 13.6 Å². The highest BCUT2D eigenvalue weighted by atomic mass is 19.1. The van der Waals surface area contributed by atoms with E-state index < -0.39 is 17.7 Å². The molecule has 2 heterocycles. The van der Waals surface area contributed by atoms with Crippen LogP contribution in [0.5, 0.6) is 0 Å². The minimum absolute atomic E-state index is 0.179. The van der Waals surface area contributed by atoms with Crippen LogP contribution < -0.4 is 5.32 Å². The van der Waals surface area contributed by atoms with Gasteiger partial charge in [0, 0.05) is 31.2 Å². The third-order valence-electron chi connectivity index (χ3n) is 5.95. The summed E-state index contributed by atoms with van der Waals surface area (Å²) in [7, 11) is 1.57. The number of anilines is 1. The molecule has 0 unspecified atom stereocenters. The summed E-state index contributed by atoms with van der Waals surface area (Å²) >= 11 is 0. The van der Waals surface area contributed by atoms with Crippen molar-refractivity contribution in [2.75, 3.05) is 38.7 Å². The Kier molecular flexibility index (Phi) is 6.58. The number of halogens is 2. The Balaban J connectivity index is 1.50. The van der Waals surface area contributed by atoms with Crippen LogP contribution in [-0.4, -0.2) is 72.3 Å². The van der Waals surface area contributed by atoms with Gasteiger partial charge in [-0.3, -0.25) is 4.79 Å². The number of fused-ring (bicyclic) bond motifs is 1. The standard InChI is InChI=1S/C24H23F2N3O4/c1-33-10-2-3-15-4-6-16(7-5-15)23-20-12-28(13-22(31)29(20)21(23)14-30)24(32)27-19-11-17(25)8-9-18(19)26/h4-9,11,20-21,23,30H,10,12-14H2,1H3,(H,27,32)/t20-,21+,23-/m0/s1. The first-order chi connectivity index (χ1) is 15.9. The normalized spacial score (nSPS) is 21.6. The maximum absolute atomic E-state index is 13.9. The number of aliphatic hydroxyl groups is 1. The second-order valence-corrected chi connectivity index (χ2v) is 7.94. The Bertz CT molecular complexity index is 1110. The van der Waals surface area contributed by atoms with Gasteiger partial charge in [0.25, 0.3) is 0 Å². The predicted molar refractivity (Wildman–Crippen MR) is 116 cm³/mol. The van der Waals surface area contributed by atoms with Crippen LogP contribution in [0.4, 0.5) is 19.3 Å². The zero-order valence-electron chi connectivity index (χ0n) is 17.9. The van der Waals surface area contributed by atoms with Crippen LogP contribution in [-0.2, 0) is 9.53 Å². The minimum atomic E-state index is -0.773. The maximum Gasteiger partial charge on any atom is 0.322 e. The van der Waals surface area contributed by atoms with Crippen molar-refractivity contribution in [2.24, 2.45) is 0 Å². The van der Waals surface area contributed by atoms with E-state index in [1.54, 1.807) is 12.0 Å². The molecule has 0 spiro atoms. The van der Waals surface area contributed by atoms with Crippen LogP contribution >= 0.6 is 0 Å². The Morgan fingerprint density at radius 3 is 2.70 bits per heavy atom. The van der Waals surface area contributed by atoms with Crippen LogP contribution in [0.3, 0.4) is 0 Å². The summed E-state index contributed by atoms with van der Waals surface area (Å²) < 4.78 is 32.3. The van der Waals surface area contributed by atoms with Gasteiger partial charge in [0.05, 0.1) is 24.4 Å². The number of carbonyl (C=O) groups excluding carboxylic acids is 2. The van der Waals surface area contributed by atoms with Gasteiger partial charge in [0.15, 0.2) is 0 Å². The van der Waals surface area contributed by atoms with Crippen molar-refractivity contribution >= 4 is 17.6 Å². The number of benzene rings is 2. The quantitative estimate of drug-likeness (QED) is 0.693. The van der Waals surface area contributed by atoms with Crippen molar-refractivity contribution in [3.63, 3.8) is 0 Å². The second-order valence-electron chi connectivity index (χ2n) is 7.94. The molecule has 33 heavy (non-hydrogen) atoms. The van der Waals surface area contributed by atoms with Gasteiger partial charge in [0.1, 0.15) is 24.8 Å². The van der Waals surface area contributed by atoms with Crippen LogP contribution in [0, 0.1) is 23.5 Å². The third kappa shape index (κ3) is 4.53. The molecule has 2 fully saturated rings. The van der Waals surface area contributed by atoms with Gasteiger partial charge in [-0.1, -0.05) is 24.0 Å². The SMILES string of the molecule is COCC#Cc1ccc([C@@H]2[C@@H](CO)N3C(=O)CN(C(=O)Nc4cc(F)ccc4F)C[C@@H]23)cc1. The number of hydrogen-bond acceptors (Lipinski definition) is 4. The average Bonchev–Trinajstić information content (AvgIpc) is 2.78. The highest BCUT2D eigenvalue weighted by Crippen LogP contribution is 2.43. The largest absolute Gasteiger partial charge is 0.394 e. The Morgan fingerprint density at radius 2 is 2.00 bits per heavy atom. The number of nitrogens with zero attached hydrogens (tertiary/aromatic N) is 2. The summed E-state index contributed by atoms with van der Waals surface area (Å²) in [5.74, 6) is 3.91. The smallest absolute Gasteiger partial charge is 0.322 e. The molecule has 2 aliphatic rings. The summed E-state index contributed by atoms with van der Waals surface area (Å²) in [5, 5.41) is 12.2. The average molecular weight is 455 g/mol. The van der Waals surface area contributed by atoms with Crippen molar-refractivity contribution in [3.05, 3.63) is 65.2 Å². The highest BCUT2D eigenvalue weighted by Gasteiger charge is 2.54. The first-order valence-corrected chi connectivity index (χ1v) is 10.4. The first kappa shape index (κ1) is 22.7. The Morgan fingerprint density at radius 1 is 1.24 bits per heavy atom. The van der Waals surface area contributed by atoms with E-state index in [4.69, 9.17) is 4.74 Å². The molecule has 2 aromatic carbocycles. The van der Waals surface area contributed by atoms with Crippen molar-refractivity contribution in [2.45, 2.75) is 18.0 Å². The lowest BCUT2D eigenvalue weighted by Crippen LogP contribution is -2.73. The van der Waals surface area contributed by atoms with E-state index in [1.807, 2.05) is 24.3 Å². The molecule has 0 saturated carbocycles. The van der Waals surface area contributed by atoms with E-state index in [0.29, 0.717) is 6.61 Å². The maximum atomic E-state index is 13.9. The summed E-state index contributed by atoms with van der Waals surface area (Å²) in [6.45, 7) is 0.109. The predicted octanol–water partition coefficient (Wildman–Crippen LogP) is 2.17. The molecule has 0 aromatic heterocycles. The van der Waals surface area contributed by atoms with Gasteiger partial charge >= 0.3 is 6.03 Å². The lowest BCUT2D eigenvalue weighted by molar-refractivity contribution is -0.159. The third-order valence-corrected chi connectivity index (χ3v) is 5.95. The van der Waals surface area contributed by atoms with Crippen molar-refractivity contribution in [1.29, 1.82) is 0 Å². The van der Waals surface area contributed by atoms with E-state index in [0.717, 1.165) is 29.3 Å². The van der Waals surface area contributed by atoms with Crippen LogP contribution in [0.1, 0.15) is 17.0 Å². The summed E-state index contributed by atoms with van der Waals surface area (Å²) in [6.07, 6.45) is 0.